The summed E-state index contributed by atoms with van der Waals surface area (Å²) in [4.78, 5) is 10.9. The van der Waals surface area contributed by atoms with E-state index < -0.39 is 0 Å². The fourth-order valence-corrected chi connectivity index (χ4v) is 2.12. The molecule has 0 atom stereocenters. The maximum Gasteiger partial charge on any atom is 0.134 e. The molecule has 1 aromatic rings. The van der Waals surface area contributed by atoms with Gasteiger partial charge in [0, 0.05) is 12.6 Å². The van der Waals surface area contributed by atoms with Crippen molar-refractivity contribution >= 4 is 5.78 Å². The van der Waals surface area contributed by atoms with Gasteiger partial charge in [0.15, 0.2) is 0 Å². The molecular weight excluding hydrogens is 176 g/mol. The smallest absolute Gasteiger partial charge is 0.134 e. The quantitative estimate of drug-likeness (QED) is 0.735. The van der Waals surface area contributed by atoms with Crippen LogP contribution >= 0.6 is 0 Å². The molecule has 1 aliphatic carbocycles. The zero-order valence-electron chi connectivity index (χ0n) is 8.57. The van der Waals surface area contributed by atoms with Crippen LogP contribution in [0.2, 0.25) is 0 Å². The fraction of sp³-hybridized carbons (Fsp3) is 0.636. The van der Waals surface area contributed by atoms with Crippen LogP contribution in [0.15, 0.2) is 12.4 Å². The molecule has 2 rings (SSSR count). The van der Waals surface area contributed by atoms with Crippen LogP contribution in [0.5, 0.6) is 0 Å². The van der Waals surface area contributed by atoms with Crippen molar-refractivity contribution in [1.29, 1.82) is 0 Å². The highest BCUT2D eigenvalue weighted by Gasteiger charge is 2.17. The number of hydrogen-bond acceptors (Lipinski definition) is 2. The number of aromatic nitrogens is 2. The molecule has 76 valence electrons. The molecule has 1 saturated carbocycles. The second-order valence-electron chi connectivity index (χ2n) is 4.15. The van der Waals surface area contributed by atoms with Crippen molar-refractivity contribution in [3.63, 3.8) is 0 Å². The SMILES string of the molecule is CC(=O)Cc1cnn(C2CCCC2)c1. The highest BCUT2D eigenvalue weighted by molar-refractivity contribution is 5.77. The summed E-state index contributed by atoms with van der Waals surface area (Å²) < 4.78 is 2.03. The lowest BCUT2D eigenvalue weighted by Gasteiger charge is -2.08. The Hall–Kier alpha value is -1.12. The molecule has 3 nitrogen and oxygen atoms in total. The van der Waals surface area contributed by atoms with Crippen LogP contribution < -0.4 is 0 Å². The van der Waals surface area contributed by atoms with Crippen LogP contribution in [0.3, 0.4) is 0 Å². The molecule has 14 heavy (non-hydrogen) atoms. The van der Waals surface area contributed by atoms with E-state index in [1.165, 1.54) is 25.7 Å². The number of hydrogen-bond donors (Lipinski definition) is 0. The van der Waals surface area contributed by atoms with Gasteiger partial charge in [-0.3, -0.25) is 9.48 Å². The van der Waals surface area contributed by atoms with Crippen molar-refractivity contribution in [3.8, 4) is 0 Å². The maximum absolute atomic E-state index is 10.9. The zero-order chi connectivity index (χ0) is 9.97. The molecule has 0 bridgehead atoms. The number of rotatable bonds is 3. The number of nitrogens with zero attached hydrogens (tertiary/aromatic N) is 2. The van der Waals surface area contributed by atoms with E-state index in [0.717, 1.165) is 5.56 Å². The van der Waals surface area contributed by atoms with Gasteiger partial charge in [0.25, 0.3) is 0 Å². The Bertz CT molecular complexity index is 324. The van der Waals surface area contributed by atoms with Crippen molar-refractivity contribution in [2.45, 2.75) is 45.1 Å². The molecule has 0 aliphatic heterocycles. The first kappa shape index (κ1) is 9.44. The van der Waals surface area contributed by atoms with E-state index in [1.54, 1.807) is 6.92 Å². The summed E-state index contributed by atoms with van der Waals surface area (Å²) in [5.74, 6) is 0.205. The third kappa shape index (κ3) is 2.03. The molecule has 0 amide bonds. The predicted octanol–water partition coefficient (Wildman–Crippen LogP) is 2.13. The Kier molecular flexibility index (Phi) is 2.66. The molecule has 0 N–H and O–H groups in total. The Balaban J connectivity index is 2.05. The molecule has 1 aliphatic rings. The zero-order valence-corrected chi connectivity index (χ0v) is 8.57. The Morgan fingerprint density at radius 3 is 2.93 bits per heavy atom. The maximum atomic E-state index is 10.9. The summed E-state index contributed by atoms with van der Waals surface area (Å²) in [6, 6.07) is 0.579. The van der Waals surface area contributed by atoms with E-state index >= 15 is 0 Å². The van der Waals surface area contributed by atoms with Crippen LogP contribution in [-0.4, -0.2) is 15.6 Å². The average Bonchev–Trinajstić information content (AvgIpc) is 2.69. The van der Waals surface area contributed by atoms with Crippen molar-refractivity contribution in [1.82, 2.24) is 9.78 Å². The molecule has 1 aromatic heterocycles. The second-order valence-corrected chi connectivity index (χ2v) is 4.15. The van der Waals surface area contributed by atoms with E-state index in [0.29, 0.717) is 12.5 Å². The largest absolute Gasteiger partial charge is 0.300 e. The lowest BCUT2D eigenvalue weighted by atomic mass is 10.2. The average molecular weight is 192 g/mol. The van der Waals surface area contributed by atoms with Crippen LogP contribution in [0.1, 0.15) is 44.2 Å². The normalized spacial score (nSPS) is 17.5. The Morgan fingerprint density at radius 2 is 2.29 bits per heavy atom. The van der Waals surface area contributed by atoms with Gasteiger partial charge in [0.05, 0.1) is 12.2 Å². The molecule has 0 saturated heterocycles. The third-order valence-electron chi connectivity index (χ3n) is 2.81. The van der Waals surface area contributed by atoms with Gasteiger partial charge in [-0.15, -0.1) is 0 Å². The summed E-state index contributed by atoms with van der Waals surface area (Å²) in [6.45, 7) is 1.62. The number of carbonyl (C=O) groups excluding carboxylic acids is 1. The van der Waals surface area contributed by atoms with Crippen molar-refractivity contribution < 1.29 is 4.79 Å². The predicted molar refractivity (Wildman–Crippen MR) is 54.1 cm³/mol. The molecule has 0 radical (unpaired) electrons. The lowest BCUT2D eigenvalue weighted by Crippen LogP contribution is -2.04. The standard InChI is InChI=1S/C11H16N2O/c1-9(14)6-10-7-12-13(8-10)11-4-2-3-5-11/h7-8,11H,2-6H2,1H3. The molecule has 0 spiro atoms. The van der Waals surface area contributed by atoms with Gasteiger partial charge in [0.2, 0.25) is 0 Å². The van der Waals surface area contributed by atoms with Crippen molar-refractivity contribution in [2.24, 2.45) is 0 Å². The molecule has 1 fully saturated rings. The first-order valence-electron chi connectivity index (χ1n) is 5.28. The summed E-state index contributed by atoms with van der Waals surface area (Å²) >= 11 is 0. The van der Waals surface area contributed by atoms with E-state index in [2.05, 4.69) is 5.10 Å². The first-order valence-corrected chi connectivity index (χ1v) is 5.28. The highest BCUT2D eigenvalue weighted by Crippen LogP contribution is 2.28. The van der Waals surface area contributed by atoms with Crippen LogP contribution in [-0.2, 0) is 11.2 Å². The monoisotopic (exact) mass is 192 g/mol. The van der Waals surface area contributed by atoms with Crippen molar-refractivity contribution in [3.05, 3.63) is 18.0 Å². The van der Waals surface area contributed by atoms with Crippen molar-refractivity contribution in [2.75, 3.05) is 0 Å². The third-order valence-corrected chi connectivity index (χ3v) is 2.81. The fourth-order valence-electron chi connectivity index (χ4n) is 2.12. The van der Waals surface area contributed by atoms with E-state index in [-0.39, 0.29) is 5.78 Å². The lowest BCUT2D eigenvalue weighted by molar-refractivity contribution is -0.116. The second kappa shape index (κ2) is 3.95. The summed E-state index contributed by atoms with van der Waals surface area (Å²) in [5, 5.41) is 4.32. The van der Waals surface area contributed by atoms with Gasteiger partial charge < -0.3 is 0 Å². The van der Waals surface area contributed by atoms with Gasteiger partial charge in [-0.05, 0) is 25.3 Å². The van der Waals surface area contributed by atoms with Crippen LogP contribution in [0.25, 0.3) is 0 Å². The minimum Gasteiger partial charge on any atom is -0.300 e. The van der Waals surface area contributed by atoms with Gasteiger partial charge in [0.1, 0.15) is 5.78 Å². The molecule has 0 aromatic carbocycles. The minimum atomic E-state index is 0.205. The highest BCUT2D eigenvalue weighted by atomic mass is 16.1. The number of carbonyl (C=O) groups is 1. The Morgan fingerprint density at radius 1 is 1.57 bits per heavy atom. The number of Topliss-reactive ketones (excluding diaryl/α,β-unsaturated/α-hetero) is 1. The van der Waals surface area contributed by atoms with E-state index in [1.807, 2.05) is 17.1 Å². The van der Waals surface area contributed by atoms with Gasteiger partial charge in [-0.2, -0.15) is 5.10 Å². The molecular formula is C11H16N2O. The van der Waals surface area contributed by atoms with E-state index in [4.69, 9.17) is 0 Å². The summed E-state index contributed by atoms with van der Waals surface area (Å²) in [5.41, 5.74) is 1.05. The Labute approximate surface area is 84.1 Å². The molecule has 3 heteroatoms. The van der Waals surface area contributed by atoms with E-state index in [9.17, 15) is 4.79 Å². The molecule has 1 heterocycles. The first-order chi connectivity index (χ1) is 6.75. The summed E-state index contributed by atoms with van der Waals surface area (Å²) in [6.07, 6.45) is 9.46. The van der Waals surface area contributed by atoms with Crippen LogP contribution in [0.4, 0.5) is 0 Å². The topological polar surface area (TPSA) is 34.9 Å². The van der Waals surface area contributed by atoms with Gasteiger partial charge in [-0.25, -0.2) is 0 Å². The van der Waals surface area contributed by atoms with Gasteiger partial charge >= 0.3 is 0 Å². The van der Waals surface area contributed by atoms with Gasteiger partial charge in [-0.1, -0.05) is 12.8 Å². The molecule has 0 unspecified atom stereocenters. The minimum absolute atomic E-state index is 0.205. The summed E-state index contributed by atoms with van der Waals surface area (Å²) in [7, 11) is 0. The number of ketones is 1. The van der Waals surface area contributed by atoms with Crippen LogP contribution in [0, 0.1) is 0 Å².